The third kappa shape index (κ3) is 5.64. The molecule has 0 radical (unpaired) electrons. The molecule has 1 heterocycles. The predicted octanol–water partition coefficient (Wildman–Crippen LogP) is 5.61. The third-order valence-corrected chi connectivity index (χ3v) is 6.62. The van der Waals surface area contributed by atoms with Crippen LogP contribution < -0.4 is 14.9 Å². The van der Waals surface area contributed by atoms with Gasteiger partial charge in [-0.3, -0.25) is 15.0 Å². The molecule has 10 heteroatoms. The molecule has 1 aliphatic heterocycles. The van der Waals surface area contributed by atoms with Crippen LogP contribution in [0.15, 0.2) is 71.6 Å². The molecule has 0 aliphatic carbocycles. The number of thiocarbonyl (C=S) groups is 1. The van der Waals surface area contributed by atoms with Crippen LogP contribution in [0.4, 0.5) is 4.39 Å². The molecular weight excluding hydrogens is 511 g/mol. The van der Waals surface area contributed by atoms with Crippen molar-refractivity contribution < 1.29 is 23.5 Å². The highest BCUT2D eigenvalue weighted by atomic mass is 35.5. The molecule has 3 aromatic rings. The number of halogens is 2. The zero-order valence-corrected chi connectivity index (χ0v) is 20.7. The summed E-state index contributed by atoms with van der Waals surface area (Å²) in [5.74, 6) is -0.615. The van der Waals surface area contributed by atoms with Crippen molar-refractivity contribution in [3.8, 4) is 11.5 Å². The molecule has 1 aliphatic rings. The molecule has 0 atom stereocenters. The fraction of sp³-hybridized carbons (Fsp3) is 0.0800. The van der Waals surface area contributed by atoms with Crippen LogP contribution in [-0.2, 0) is 11.4 Å². The monoisotopic (exact) mass is 528 g/mol. The van der Waals surface area contributed by atoms with Crippen molar-refractivity contribution >= 4 is 57.8 Å². The van der Waals surface area contributed by atoms with E-state index >= 15 is 0 Å². The smallest absolute Gasteiger partial charge is 0.285 e. The number of hydrazine groups is 1. The molecule has 0 spiro atoms. The lowest BCUT2D eigenvalue weighted by Crippen LogP contribution is -2.44. The Hall–Kier alpha value is -3.40. The van der Waals surface area contributed by atoms with Gasteiger partial charge in [-0.25, -0.2) is 4.39 Å². The Labute approximate surface area is 215 Å². The largest absolute Gasteiger partial charge is 0.493 e. The van der Waals surface area contributed by atoms with Crippen LogP contribution in [0.2, 0.25) is 5.02 Å². The fourth-order valence-electron chi connectivity index (χ4n) is 3.19. The topological polar surface area (TPSA) is 67.9 Å². The first-order chi connectivity index (χ1) is 16.9. The second-order valence-electron chi connectivity index (χ2n) is 7.22. The summed E-state index contributed by atoms with van der Waals surface area (Å²) in [6.07, 6.45) is 1.62. The Morgan fingerprint density at radius 3 is 2.63 bits per heavy atom. The Bertz CT molecular complexity index is 1310. The Balaban J connectivity index is 1.52. The highest BCUT2D eigenvalue weighted by Gasteiger charge is 2.33. The van der Waals surface area contributed by atoms with Gasteiger partial charge in [-0.15, -0.1) is 0 Å². The number of thioether (sulfide) groups is 1. The minimum Gasteiger partial charge on any atom is -0.493 e. The zero-order chi connectivity index (χ0) is 24.9. The zero-order valence-electron chi connectivity index (χ0n) is 18.3. The maximum absolute atomic E-state index is 14.1. The molecule has 0 aromatic heterocycles. The quantitative estimate of drug-likeness (QED) is 0.317. The summed E-state index contributed by atoms with van der Waals surface area (Å²) >= 11 is 12.4. The van der Waals surface area contributed by atoms with Gasteiger partial charge >= 0.3 is 0 Å². The molecule has 0 bridgehead atoms. The normalized spacial score (nSPS) is 14.4. The van der Waals surface area contributed by atoms with Crippen LogP contribution in [-0.4, -0.2) is 28.3 Å². The molecule has 4 rings (SSSR count). The van der Waals surface area contributed by atoms with Gasteiger partial charge in [0.2, 0.25) is 0 Å². The number of rotatable bonds is 7. The average molecular weight is 529 g/mol. The number of carbonyl (C=O) groups excluding carboxylic acids is 2. The molecule has 2 amide bonds. The predicted molar refractivity (Wildman–Crippen MR) is 138 cm³/mol. The number of carbonyl (C=O) groups is 2. The number of benzene rings is 3. The van der Waals surface area contributed by atoms with Gasteiger partial charge in [0.15, 0.2) is 15.8 Å². The van der Waals surface area contributed by atoms with Crippen LogP contribution in [0.1, 0.15) is 21.5 Å². The van der Waals surface area contributed by atoms with Gasteiger partial charge in [-0.05, 0) is 60.3 Å². The van der Waals surface area contributed by atoms with Gasteiger partial charge in [0, 0.05) is 11.1 Å². The van der Waals surface area contributed by atoms with Crippen molar-refractivity contribution in [2.45, 2.75) is 6.61 Å². The first-order valence-corrected chi connectivity index (χ1v) is 11.9. The van der Waals surface area contributed by atoms with E-state index in [0.717, 1.165) is 16.8 Å². The first kappa shape index (κ1) is 24.7. The van der Waals surface area contributed by atoms with E-state index in [2.05, 4.69) is 5.43 Å². The van der Waals surface area contributed by atoms with E-state index in [9.17, 15) is 14.0 Å². The first-order valence-electron chi connectivity index (χ1n) is 10.2. The van der Waals surface area contributed by atoms with Crippen molar-refractivity contribution in [2.75, 3.05) is 7.11 Å². The lowest BCUT2D eigenvalue weighted by atomic mass is 10.1. The highest BCUT2D eigenvalue weighted by Crippen LogP contribution is 2.35. The van der Waals surface area contributed by atoms with E-state index in [0.29, 0.717) is 27.5 Å². The van der Waals surface area contributed by atoms with Gasteiger partial charge < -0.3 is 9.47 Å². The molecule has 0 unspecified atom stereocenters. The van der Waals surface area contributed by atoms with Crippen molar-refractivity contribution in [3.05, 3.63) is 99.2 Å². The lowest BCUT2D eigenvalue weighted by molar-refractivity contribution is -0.123. The van der Waals surface area contributed by atoms with Gasteiger partial charge in [0.1, 0.15) is 12.4 Å². The van der Waals surface area contributed by atoms with Crippen LogP contribution in [0.3, 0.4) is 0 Å². The summed E-state index contributed by atoms with van der Waals surface area (Å²) in [4.78, 5) is 25.7. The molecule has 1 N–H and O–H groups in total. The highest BCUT2D eigenvalue weighted by molar-refractivity contribution is 8.26. The molecule has 178 valence electrons. The molecule has 1 saturated heterocycles. The van der Waals surface area contributed by atoms with Crippen LogP contribution in [0.25, 0.3) is 6.08 Å². The second-order valence-corrected chi connectivity index (χ2v) is 9.31. The van der Waals surface area contributed by atoms with E-state index in [-0.39, 0.29) is 21.5 Å². The number of nitrogens with zero attached hydrogens (tertiary/aromatic N) is 1. The Kier molecular flexibility index (Phi) is 7.70. The molecular formula is C25H18ClFN2O4S2. The van der Waals surface area contributed by atoms with E-state index in [1.807, 2.05) is 0 Å². The van der Waals surface area contributed by atoms with Crippen molar-refractivity contribution in [2.24, 2.45) is 0 Å². The summed E-state index contributed by atoms with van der Waals surface area (Å²) in [7, 11) is 1.48. The number of methoxy groups -OCH3 is 1. The summed E-state index contributed by atoms with van der Waals surface area (Å²) in [6.45, 7) is -0.112. The van der Waals surface area contributed by atoms with Crippen LogP contribution in [0, 0.1) is 5.82 Å². The third-order valence-electron chi connectivity index (χ3n) is 4.96. The fourth-order valence-corrected chi connectivity index (χ4v) is 4.58. The second kappa shape index (κ2) is 10.9. The summed E-state index contributed by atoms with van der Waals surface area (Å²) in [5, 5.41) is 1.30. The molecule has 35 heavy (non-hydrogen) atoms. The maximum atomic E-state index is 14.1. The average Bonchev–Trinajstić information content (AvgIpc) is 3.11. The molecule has 0 saturated carbocycles. The standard InChI is InChI=1S/C25H18ClFN2O4S2/c1-32-20-11-10-15(12-21(20)33-14-17-18(26)8-5-9-19(17)27)13-22-24(31)29(25(34)35-22)28-23(30)16-6-3-2-4-7-16/h2-13H,14H2,1H3,(H,28,30)/b22-13+. The number of nitrogens with one attached hydrogen (secondary N) is 1. The Morgan fingerprint density at radius 1 is 1.14 bits per heavy atom. The Morgan fingerprint density at radius 2 is 1.91 bits per heavy atom. The molecule has 6 nitrogen and oxygen atoms in total. The van der Waals surface area contributed by atoms with Gasteiger partial charge in [-0.2, -0.15) is 5.01 Å². The minimum absolute atomic E-state index is 0.112. The summed E-state index contributed by atoms with van der Waals surface area (Å²) in [6, 6.07) is 18.0. The summed E-state index contributed by atoms with van der Waals surface area (Å²) < 4.78 is 25.4. The van der Waals surface area contributed by atoms with Crippen molar-refractivity contribution in [1.82, 2.24) is 10.4 Å². The number of ether oxygens (including phenoxy) is 2. The van der Waals surface area contributed by atoms with Crippen molar-refractivity contribution in [1.29, 1.82) is 0 Å². The maximum Gasteiger partial charge on any atom is 0.285 e. The van der Waals surface area contributed by atoms with Crippen molar-refractivity contribution in [3.63, 3.8) is 0 Å². The summed E-state index contributed by atoms with van der Waals surface area (Å²) in [5.41, 5.74) is 3.78. The van der Waals surface area contributed by atoms with Gasteiger partial charge in [0.05, 0.1) is 17.0 Å². The SMILES string of the molecule is COc1ccc(/C=C2/SC(=S)N(NC(=O)c3ccccc3)C2=O)cc1OCc1c(F)cccc1Cl. The van der Waals surface area contributed by atoms with Gasteiger partial charge in [0.25, 0.3) is 11.8 Å². The van der Waals surface area contributed by atoms with E-state index in [4.69, 9.17) is 33.3 Å². The van der Waals surface area contributed by atoms with Crippen LogP contribution in [0.5, 0.6) is 11.5 Å². The van der Waals surface area contributed by atoms with E-state index < -0.39 is 17.6 Å². The lowest BCUT2D eigenvalue weighted by Gasteiger charge is -2.15. The van der Waals surface area contributed by atoms with Crippen LogP contribution >= 0.6 is 35.6 Å². The number of amides is 2. The minimum atomic E-state index is -0.478. The van der Waals surface area contributed by atoms with Gasteiger partial charge in [-0.1, -0.05) is 53.7 Å². The molecule has 1 fully saturated rings. The molecule has 3 aromatic carbocycles. The number of hydrogen-bond donors (Lipinski definition) is 1. The van der Waals surface area contributed by atoms with E-state index in [1.165, 1.54) is 19.2 Å². The number of hydrogen-bond acceptors (Lipinski definition) is 6. The van der Waals surface area contributed by atoms with E-state index in [1.54, 1.807) is 60.7 Å².